The number of unbranched alkanes of at least 4 members (excludes halogenated alkanes) is 1. The van der Waals surface area contributed by atoms with Crippen LogP contribution in [0.15, 0.2) is 29.2 Å². The second-order valence-electron chi connectivity index (χ2n) is 6.28. The minimum absolute atomic E-state index is 0.0981. The Bertz CT molecular complexity index is 563. The second-order valence-corrected chi connectivity index (χ2v) is 8.02. The van der Waals surface area contributed by atoms with E-state index < -0.39 is 16.6 Å². The summed E-state index contributed by atoms with van der Waals surface area (Å²) in [5, 5.41) is 11.1. The predicted octanol–water partition coefficient (Wildman–Crippen LogP) is 2.79. The third-order valence-electron chi connectivity index (χ3n) is 3.88. The van der Waals surface area contributed by atoms with Gasteiger partial charge in [-0.05, 0) is 53.1 Å². The number of hydrogen-bond donors (Lipinski definition) is 1. The molecule has 23 heavy (non-hydrogen) atoms. The maximum Gasteiger partial charge on any atom is 0.240 e. The molecule has 1 radical (unpaired) electrons. The molecular formula is C17H29N2O3S. The van der Waals surface area contributed by atoms with E-state index in [4.69, 9.17) is 0 Å². The van der Waals surface area contributed by atoms with Gasteiger partial charge in [0.15, 0.2) is 0 Å². The molecular weight excluding hydrogens is 312 g/mol. The van der Waals surface area contributed by atoms with Crippen LogP contribution in [-0.2, 0) is 21.7 Å². The summed E-state index contributed by atoms with van der Waals surface area (Å²) in [6, 6.07) is 7.32. The molecule has 0 heterocycles. The molecule has 1 aromatic rings. The molecule has 0 saturated carbocycles. The van der Waals surface area contributed by atoms with Crippen molar-refractivity contribution < 1.29 is 13.5 Å². The van der Waals surface area contributed by atoms with E-state index in [2.05, 4.69) is 37.3 Å². The average Bonchev–Trinajstić information content (AvgIpc) is 2.49. The molecule has 0 saturated heterocycles. The first-order chi connectivity index (χ1) is 10.8. The molecule has 0 atom stereocenters. The van der Waals surface area contributed by atoms with Crippen LogP contribution in [0.1, 0.15) is 46.1 Å². The molecule has 0 unspecified atom stereocenters. The monoisotopic (exact) mass is 341 g/mol. The molecule has 1 aromatic carbocycles. The standard InChI is InChI=1S/C17H29N2O3S/c1-14(2)19(15(3)4)12-8-7-11-18-23(21,22)17-10-6-5-9-16(17)13-20/h5-6,9-10,14-15,18H,7-8,11-13H2,1-4H3. The summed E-state index contributed by atoms with van der Waals surface area (Å²) in [5.74, 6) is 0. The summed E-state index contributed by atoms with van der Waals surface area (Å²) in [6.45, 7) is 9.48. The summed E-state index contributed by atoms with van der Waals surface area (Å²) in [4.78, 5) is 2.49. The lowest BCUT2D eigenvalue weighted by atomic mass is 10.2. The van der Waals surface area contributed by atoms with Crippen molar-refractivity contribution >= 4 is 10.0 Å². The van der Waals surface area contributed by atoms with E-state index in [1.807, 2.05) is 0 Å². The van der Waals surface area contributed by atoms with Gasteiger partial charge < -0.3 is 0 Å². The Morgan fingerprint density at radius 3 is 2.22 bits per heavy atom. The van der Waals surface area contributed by atoms with E-state index in [-0.39, 0.29) is 4.90 Å². The van der Waals surface area contributed by atoms with Crippen molar-refractivity contribution in [3.8, 4) is 0 Å². The van der Waals surface area contributed by atoms with Gasteiger partial charge >= 0.3 is 0 Å². The summed E-state index contributed by atoms with van der Waals surface area (Å²) in [5.41, 5.74) is 0.311. The maximum absolute atomic E-state index is 12.3. The molecule has 0 spiro atoms. The molecule has 5 nitrogen and oxygen atoms in total. The lowest BCUT2D eigenvalue weighted by molar-refractivity contribution is 0.172. The highest BCUT2D eigenvalue weighted by Gasteiger charge is 2.17. The molecule has 6 heteroatoms. The zero-order chi connectivity index (χ0) is 17.5. The summed E-state index contributed by atoms with van der Waals surface area (Å²) < 4.78 is 27.1. The summed E-state index contributed by atoms with van der Waals surface area (Å²) in [7, 11) is -3.60. The summed E-state index contributed by atoms with van der Waals surface area (Å²) in [6.07, 6.45) is 1.71. The topological polar surface area (TPSA) is 69.3 Å². The molecule has 0 aromatic heterocycles. The zero-order valence-corrected chi connectivity index (χ0v) is 15.4. The highest BCUT2D eigenvalue weighted by molar-refractivity contribution is 7.89. The average molecular weight is 341 g/mol. The molecule has 1 N–H and O–H groups in total. The first-order valence-corrected chi connectivity index (χ1v) is 9.69. The normalized spacial score (nSPS) is 12.5. The van der Waals surface area contributed by atoms with Crippen LogP contribution in [0, 0.1) is 0 Å². The quantitative estimate of drug-likeness (QED) is 0.665. The van der Waals surface area contributed by atoms with Crippen LogP contribution < -0.4 is 4.72 Å². The van der Waals surface area contributed by atoms with Gasteiger partial charge in [-0.25, -0.2) is 18.2 Å². The van der Waals surface area contributed by atoms with Gasteiger partial charge in [0.2, 0.25) is 10.0 Å². The van der Waals surface area contributed by atoms with E-state index in [1.54, 1.807) is 18.2 Å². The second kappa shape index (κ2) is 9.37. The number of rotatable bonds is 10. The van der Waals surface area contributed by atoms with Gasteiger partial charge in [-0.2, -0.15) is 0 Å². The van der Waals surface area contributed by atoms with Gasteiger partial charge in [0.1, 0.15) is 6.61 Å². The van der Waals surface area contributed by atoms with Crippen molar-refractivity contribution in [1.82, 2.24) is 9.62 Å². The van der Waals surface area contributed by atoms with Gasteiger partial charge in [0.05, 0.1) is 4.90 Å². The Balaban J connectivity index is 2.49. The van der Waals surface area contributed by atoms with E-state index in [0.717, 1.165) is 19.4 Å². The Morgan fingerprint density at radius 1 is 1.04 bits per heavy atom. The number of nitrogens with zero attached hydrogens (tertiary/aromatic N) is 1. The lowest BCUT2D eigenvalue weighted by Gasteiger charge is -2.30. The minimum Gasteiger partial charge on any atom is -0.299 e. The molecule has 0 aliphatic rings. The largest absolute Gasteiger partial charge is 0.299 e. The van der Waals surface area contributed by atoms with Gasteiger partial charge in [-0.3, -0.25) is 4.90 Å². The highest BCUT2D eigenvalue weighted by atomic mass is 32.2. The molecule has 1 rings (SSSR count). The first-order valence-electron chi connectivity index (χ1n) is 8.21. The van der Waals surface area contributed by atoms with E-state index in [1.165, 1.54) is 6.07 Å². The van der Waals surface area contributed by atoms with Crippen molar-refractivity contribution in [2.75, 3.05) is 13.1 Å². The fourth-order valence-electron chi connectivity index (χ4n) is 2.70. The van der Waals surface area contributed by atoms with Crippen molar-refractivity contribution in [2.45, 2.75) is 64.1 Å². The number of benzene rings is 1. The fourth-order valence-corrected chi connectivity index (χ4v) is 4.00. The molecule has 0 amide bonds. The third-order valence-corrected chi connectivity index (χ3v) is 5.44. The van der Waals surface area contributed by atoms with E-state index >= 15 is 0 Å². The molecule has 0 bridgehead atoms. The number of nitrogens with one attached hydrogen (secondary N) is 1. The number of sulfonamides is 1. The highest BCUT2D eigenvalue weighted by Crippen LogP contribution is 2.15. The summed E-state index contributed by atoms with van der Waals surface area (Å²) >= 11 is 0. The van der Waals surface area contributed by atoms with E-state index in [9.17, 15) is 13.5 Å². The van der Waals surface area contributed by atoms with Crippen LogP contribution in [-0.4, -0.2) is 38.5 Å². The van der Waals surface area contributed by atoms with Crippen molar-refractivity contribution in [2.24, 2.45) is 0 Å². The lowest BCUT2D eigenvalue weighted by Crippen LogP contribution is -2.38. The smallest absolute Gasteiger partial charge is 0.240 e. The van der Waals surface area contributed by atoms with Crippen molar-refractivity contribution in [3.05, 3.63) is 29.8 Å². The van der Waals surface area contributed by atoms with E-state index in [0.29, 0.717) is 24.2 Å². The van der Waals surface area contributed by atoms with Gasteiger partial charge in [-0.1, -0.05) is 18.2 Å². The van der Waals surface area contributed by atoms with Gasteiger partial charge in [-0.15, -0.1) is 0 Å². The SMILES string of the molecule is CC(C)N(CCCCNS(=O)(=O)c1ccccc1C[O])C(C)C. The van der Waals surface area contributed by atoms with Crippen molar-refractivity contribution in [1.29, 1.82) is 0 Å². The van der Waals surface area contributed by atoms with Gasteiger partial charge in [0, 0.05) is 24.2 Å². The third kappa shape index (κ3) is 6.22. The maximum atomic E-state index is 12.3. The van der Waals surface area contributed by atoms with Crippen molar-refractivity contribution in [3.63, 3.8) is 0 Å². The Labute approximate surface area is 140 Å². The zero-order valence-electron chi connectivity index (χ0n) is 14.6. The fraction of sp³-hybridized carbons (Fsp3) is 0.647. The first kappa shape index (κ1) is 20.1. The Morgan fingerprint density at radius 2 is 1.65 bits per heavy atom. The molecule has 0 aliphatic heterocycles. The Hall–Kier alpha value is -0.950. The van der Waals surface area contributed by atoms with Crippen LogP contribution in [0.4, 0.5) is 0 Å². The Kier molecular flexibility index (Phi) is 8.19. The molecule has 0 aliphatic carbocycles. The molecule has 131 valence electrons. The predicted molar refractivity (Wildman–Crippen MR) is 92.2 cm³/mol. The van der Waals surface area contributed by atoms with Crippen LogP contribution in [0.2, 0.25) is 0 Å². The number of hydrogen-bond acceptors (Lipinski definition) is 3. The molecule has 0 fully saturated rings. The van der Waals surface area contributed by atoms with Crippen LogP contribution >= 0.6 is 0 Å². The van der Waals surface area contributed by atoms with Crippen LogP contribution in [0.25, 0.3) is 0 Å². The van der Waals surface area contributed by atoms with Crippen LogP contribution in [0.3, 0.4) is 0 Å². The van der Waals surface area contributed by atoms with Crippen LogP contribution in [0.5, 0.6) is 0 Å². The minimum atomic E-state index is -3.60. The van der Waals surface area contributed by atoms with Gasteiger partial charge in [0.25, 0.3) is 0 Å².